The van der Waals surface area contributed by atoms with Crippen LogP contribution in [-0.2, 0) is 17.9 Å². The van der Waals surface area contributed by atoms with E-state index in [4.69, 9.17) is 11.6 Å². The number of amides is 1. The van der Waals surface area contributed by atoms with Crippen molar-refractivity contribution in [1.82, 2.24) is 9.80 Å². The lowest BCUT2D eigenvalue weighted by molar-refractivity contribution is -0.176. The molecule has 0 aliphatic carbocycles. The zero-order valence-electron chi connectivity index (χ0n) is 15.8. The summed E-state index contributed by atoms with van der Waals surface area (Å²) in [5.41, 5.74) is 2.26. The van der Waals surface area contributed by atoms with Crippen LogP contribution < -0.4 is 0 Å². The summed E-state index contributed by atoms with van der Waals surface area (Å²) in [5.74, 6) is -0.0739. The van der Waals surface area contributed by atoms with Gasteiger partial charge in [0.05, 0.1) is 6.61 Å². The molecule has 1 amide bonds. The van der Waals surface area contributed by atoms with Crippen molar-refractivity contribution >= 4 is 17.5 Å². The van der Waals surface area contributed by atoms with Gasteiger partial charge in [0.2, 0.25) is 0 Å². The summed E-state index contributed by atoms with van der Waals surface area (Å²) >= 11 is 6.02. The lowest BCUT2D eigenvalue weighted by Crippen LogP contribution is -2.48. The van der Waals surface area contributed by atoms with Crippen molar-refractivity contribution < 1.29 is 22.7 Å². The molecule has 156 valence electrons. The molecule has 1 aliphatic rings. The number of hydrogen-bond donors (Lipinski definition) is 0. The van der Waals surface area contributed by atoms with E-state index in [0.717, 1.165) is 25.2 Å². The zero-order valence-corrected chi connectivity index (χ0v) is 16.5. The molecular formula is C21H22ClF3N2O2. The van der Waals surface area contributed by atoms with Crippen molar-refractivity contribution in [2.75, 3.05) is 32.8 Å². The summed E-state index contributed by atoms with van der Waals surface area (Å²) < 4.78 is 41.0. The molecule has 0 spiro atoms. The Morgan fingerprint density at radius 1 is 1.00 bits per heavy atom. The molecule has 8 heteroatoms. The van der Waals surface area contributed by atoms with Crippen LogP contribution in [-0.4, -0.2) is 54.7 Å². The number of carbonyl (C=O) groups is 1. The van der Waals surface area contributed by atoms with Crippen molar-refractivity contribution in [1.29, 1.82) is 0 Å². The SMILES string of the molecule is O=C(c1ccc(COCC(F)(F)F)cc1)N1CCN(Cc2cccc(Cl)c2)CC1. The van der Waals surface area contributed by atoms with Crippen molar-refractivity contribution in [3.63, 3.8) is 0 Å². The van der Waals surface area contributed by atoms with Crippen molar-refractivity contribution in [3.8, 4) is 0 Å². The molecule has 0 saturated carbocycles. The second-order valence-corrected chi connectivity index (χ2v) is 7.44. The third kappa shape index (κ3) is 6.73. The van der Waals surface area contributed by atoms with Crippen LogP contribution in [0.1, 0.15) is 21.5 Å². The van der Waals surface area contributed by atoms with Gasteiger partial charge in [-0.05, 0) is 35.4 Å². The Morgan fingerprint density at radius 2 is 1.69 bits per heavy atom. The molecule has 1 fully saturated rings. The summed E-state index contributed by atoms with van der Waals surface area (Å²) in [6, 6.07) is 14.3. The van der Waals surface area contributed by atoms with Gasteiger partial charge in [-0.25, -0.2) is 0 Å². The molecule has 1 heterocycles. The standard InChI is InChI=1S/C21H22ClF3N2O2/c22-19-3-1-2-17(12-19)13-26-8-10-27(11-9-26)20(28)18-6-4-16(5-7-18)14-29-15-21(23,24)25/h1-7,12H,8-11,13-15H2. The normalized spacial score (nSPS) is 15.5. The quantitative estimate of drug-likeness (QED) is 0.687. The van der Waals surface area contributed by atoms with E-state index < -0.39 is 12.8 Å². The Balaban J connectivity index is 1.47. The van der Waals surface area contributed by atoms with Gasteiger partial charge >= 0.3 is 6.18 Å². The maximum Gasteiger partial charge on any atom is 0.411 e. The Labute approximate surface area is 172 Å². The number of benzene rings is 2. The molecule has 1 aliphatic heterocycles. The minimum atomic E-state index is -4.34. The van der Waals surface area contributed by atoms with Crippen LogP contribution in [0.4, 0.5) is 13.2 Å². The molecule has 0 N–H and O–H groups in total. The first kappa shape index (κ1) is 21.6. The van der Waals surface area contributed by atoms with Crippen LogP contribution in [0.25, 0.3) is 0 Å². The molecule has 0 unspecified atom stereocenters. The summed E-state index contributed by atoms with van der Waals surface area (Å²) in [6.45, 7) is 2.13. The van der Waals surface area contributed by atoms with Crippen LogP contribution in [0, 0.1) is 0 Å². The van der Waals surface area contributed by atoms with Gasteiger partial charge < -0.3 is 9.64 Å². The van der Waals surface area contributed by atoms with Gasteiger partial charge in [-0.15, -0.1) is 0 Å². The number of alkyl halides is 3. The maximum absolute atomic E-state index is 12.7. The predicted molar refractivity (Wildman–Crippen MR) is 105 cm³/mol. The van der Waals surface area contributed by atoms with Gasteiger partial charge in [-0.1, -0.05) is 35.9 Å². The van der Waals surface area contributed by atoms with E-state index in [1.54, 1.807) is 29.2 Å². The Kier molecular flexibility index (Phi) is 7.16. The van der Waals surface area contributed by atoms with E-state index in [1.807, 2.05) is 24.3 Å². The molecule has 4 nitrogen and oxygen atoms in total. The van der Waals surface area contributed by atoms with Gasteiger partial charge in [-0.3, -0.25) is 9.69 Å². The van der Waals surface area contributed by atoms with Gasteiger partial charge in [-0.2, -0.15) is 13.2 Å². The number of ether oxygens (including phenoxy) is 1. The van der Waals surface area contributed by atoms with Crippen LogP contribution in [0.15, 0.2) is 48.5 Å². The van der Waals surface area contributed by atoms with Crippen LogP contribution in [0.5, 0.6) is 0 Å². The van der Waals surface area contributed by atoms with E-state index in [2.05, 4.69) is 9.64 Å². The van der Waals surface area contributed by atoms with Crippen molar-refractivity contribution in [3.05, 3.63) is 70.2 Å². The monoisotopic (exact) mass is 426 g/mol. The number of nitrogens with zero attached hydrogens (tertiary/aromatic N) is 2. The Hall–Kier alpha value is -2.09. The zero-order chi connectivity index (χ0) is 20.9. The second-order valence-electron chi connectivity index (χ2n) is 7.00. The van der Waals surface area contributed by atoms with Gasteiger partial charge in [0.25, 0.3) is 5.91 Å². The predicted octanol–water partition coefficient (Wildman–Crippen LogP) is 4.38. The molecule has 0 atom stereocenters. The van der Waals surface area contributed by atoms with Crippen LogP contribution in [0.3, 0.4) is 0 Å². The highest BCUT2D eigenvalue weighted by atomic mass is 35.5. The molecule has 3 rings (SSSR count). The van der Waals surface area contributed by atoms with Crippen LogP contribution >= 0.6 is 11.6 Å². The molecule has 0 radical (unpaired) electrons. The number of rotatable bonds is 6. The van der Waals surface area contributed by atoms with E-state index >= 15 is 0 Å². The summed E-state index contributed by atoms with van der Waals surface area (Å²) in [7, 11) is 0. The molecule has 1 saturated heterocycles. The van der Waals surface area contributed by atoms with E-state index in [1.165, 1.54) is 0 Å². The minimum Gasteiger partial charge on any atom is -0.367 e. The minimum absolute atomic E-state index is 0.0739. The number of carbonyl (C=O) groups excluding carboxylic acids is 1. The summed E-state index contributed by atoms with van der Waals surface area (Å²) in [4.78, 5) is 16.7. The summed E-state index contributed by atoms with van der Waals surface area (Å²) in [6.07, 6.45) is -4.34. The van der Waals surface area contributed by atoms with Gasteiger partial charge in [0.1, 0.15) is 6.61 Å². The molecule has 2 aromatic rings. The Bertz CT molecular complexity index is 819. The topological polar surface area (TPSA) is 32.8 Å². The van der Waals surface area contributed by atoms with Crippen molar-refractivity contribution in [2.45, 2.75) is 19.3 Å². The molecular weight excluding hydrogens is 405 g/mol. The smallest absolute Gasteiger partial charge is 0.367 e. The van der Waals surface area contributed by atoms with Crippen LogP contribution in [0.2, 0.25) is 5.02 Å². The fraction of sp³-hybridized carbons (Fsp3) is 0.381. The van der Waals surface area contributed by atoms with Gasteiger partial charge in [0, 0.05) is 43.3 Å². The first-order valence-corrected chi connectivity index (χ1v) is 9.67. The third-order valence-corrected chi connectivity index (χ3v) is 4.93. The lowest BCUT2D eigenvalue weighted by Gasteiger charge is -2.34. The average molecular weight is 427 g/mol. The second kappa shape index (κ2) is 9.61. The number of piperazine rings is 1. The first-order chi connectivity index (χ1) is 13.8. The highest BCUT2D eigenvalue weighted by molar-refractivity contribution is 6.30. The van der Waals surface area contributed by atoms with E-state index in [-0.39, 0.29) is 12.5 Å². The number of hydrogen-bond acceptors (Lipinski definition) is 3. The average Bonchev–Trinajstić information content (AvgIpc) is 2.68. The Morgan fingerprint density at radius 3 is 2.31 bits per heavy atom. The molecule has 29 heavy (non-hydrogen) atoms. The molecule has 0 aromatic heterocycles. The van der Waals surface area contributed by atoms with E-state index in [9.17, 15) is 18.0 Å². The highest BCUT2D eigenvalue weighted by Gasteiger charge is 2.27. The fourth-order valence-electron chi connectivity index (χ4n) is 3.21. The third-order valence-electron chi connectivity index (χ3n) is 4.69. The maximum atomic E-state index is 12.7. The highest BCUT2D eigenvalue weighted by Crippen LogP contribution is 2.17. The largest absolute Gasteiger partial charge is 0.411 e. The fourth-order valence-corrected chi connectivity index (χ4v) is 3.43. The van der Waals surface area contributed by atoms with Gasteiger partial charge in [0.15, 0.2) is 0 Å². The molecule has 2 aromatic carbocycles. The number of halogens is 4. The molecule has 0 bridgehead atoms. The van der Waals surface area contributed by atoms with E-state index in [0.29, 0.717) is 29.2 Å². The summed E-state index contributed by atoms with van der Waals surface area (Å²) in [5, 5.41) is 0.712. The van der Waals surface area contributed by atoms with Crippen molar-refractivity contribution in [2.24, 2.45) is 0 Å². The lowest BCUT2D eigenvalue weighted by atomic mass is 10.1. The first-order valence-electron chi connectivity index (χ1n) is 9.30.